The first-order chi connectivity index (χ1) is 11.6. The number of aliphatic hydroxyl groups is 3. The standard InChI is InChI=1S/C14H12F4N2O5/c15-6-2-4-1-5(10-9(23)8(22)7(3-21)25-10)13(24)20-12(4)19-11(6)14(16,17)18/h1-2,7-10,21-23H,3H2,(H,19,20,24)/t7-,8?,9?,10+/m1/s1. The van der Waals surface area contributed by atoms with E-state index < -0.39 is 59.9 Å². The van der Waals surface area contributed by atoms with E-state index in [2.05, 4.69) is 9.97 Å². The number of alkyl halides is 3. The van der Waals surface area contributed by atoms with Gasteiger partial charge in [-0.05, 0) is 12.1 Å². The van der Waals surface area contributed by atoms with Crippen molar-refractivity contribution in [3.8, 4) is 0 Å². The summed E-state index contributed by atoms with van der Waals surface area (Å²) in [5.74, 6) is -1.63. The zero-order chi connectivity index (χ0) is 18.5. The van der Waals surface area contributed by atoms with Crippen LogP contribution in [0.3, 0.4) is 0 Å². The van der Waals surface area contributed by atoms with Crippen LogP contribution in [0.25, 0.3) is 11.0 Å². The zero-order valence-corrected chi connectivity index (χ0v) is 12.3. The molecule has 0 amide bonds. The molecule has 0 radical (unpaired) electrons. The number of H-pyrrole nitrogens is 1. The molecule has 2 aromatic rings. The van der Waals surface area contributed by atoms with E-state index in [1.165, 1.54) is 0 Å². The quantitative estimate of drug-likeness (QED) is 0.568. The second-order valence-electron chi connectivity index (χ2n) is 5.57. The number of aromatic nitrogens is 2. The topological polar surface area (TPSA) is 116 Å². The van der Waals surface area contributed by atoms with Gasteiger partial charge < -0.3 is 25.0 Å². The maximum absolute atomic E-state index is 13.7. The molecule has 2 unspecified atom stereocenters. The second kappa shape index (κ2) is 6.02. The van der Waals surface area contributed by atoms with E-state index in [9.17, 15) is 32.6 Å². The summed E-state index contributed by atoms with van der Waals surface area (Å²) < 4.78 is 56.9. The highest BCUT2D eigenvalue weighted by Crippen LogP contribution is 2.34. The number of aromatic amines is 1. The maximum atomic E-state index is 13.7. The average molecular weight is 364 g/mol. The van der Waals surface area contributed by atoms with Gasteiger partial charge in [0.1, 0.15) is 30.1 Å². The Morgan fingerprint density at radius 2 is 1.92 bits per heavy atom. The lowest BCUT2D eigenvalue weighted by Crippen LogP contribution is -2.33. The number of pyridine rings is 2. The van der Waals surface area contributed by atoms with Crippen LogP contribution in [0.4, 0.5) is 17.6 Å². The number of fused-ring (bicyclic) bond motifs is 1. The summed E-state index contributed by atoms with van der Waals surface area (Å²) in [5, 5.41) is 28.6. The molecule has 0 spiro atoms. The number of rotatable bonds is 2. The fourth-order valence-electron chi connectivity index (χ4n) is 2.69. The summed E-state index contributed by atoms with van der Waals surface area (Å²) in [5.41, 5.74) is -3.42. The first kappa shape index (κ1) is 17.7. The van der Waals surface area contributed by atoms with Gasteiger partial charge in [0.05, 0.1) is 6.61 Å². The van der Waals surface area contributed by atoms with Gasteiger partial charge in [-0.1, -0.05) is 0 Å². The minimum atomic E-state index is -5.03. The lowest BCUT2D eigenvalue weighted by Gasteiger charge is -2.15. The molecule has 0 aliphatic carbocycles. The molecule has 4 N–H and O–H groups in total. The van der Waals surface area contributed by atoms with Gasteiger partial charge in [0.15, 0.2) is 11.5 Å². The number of ether oxygens (including phenoxy) is 1. The summed E-state index contributed by atoms with van der Waals surface area (Å²) in [7, 11) is 0. The van der Waals surface area contributed by atoms with Crippen molar-refractivity contribution in [2.75, 3.05) is 6.61 Å². The lowest BCUT2D eigenvalue weighted by molar-refractivity contribution is -0.143. The third kappa shape index (κ3) is 2.99. The van der Waals surface area contributed by atoms with Crippen molar-refractivity contribution in [2.45, 2.75) is 30.6 Å². The van der Waals surface area contributed by atoms with Crippen molar-refractivity contribution in [3.63, 3.8) is 0 Å². The predicted molar refractivity (Wildman–Crippen MR) is 74.0 cm³/mol. The Morgan fingerprint density at radius 1 is 1.24 bits per heavy atom. The van der Waals surface area contributed by atoms with Crippen molar-refractivity contribution in [1.29, 1.82) is 0 Å². The minimum absolute atomic E-state index is 0.155. The number of halogens is 4. The van der Waals surface area contributed by atoms with Gasteiger partial charge in [-0.3, -0.25) is 4.79 Å². The number of aliphatic hydroxyl groups excluding tert-OH is 3. The third-order valence-corrected chi connectivity index (χ3v) is 3.93. The average Bonchev–Trinajstić information content (AvgIpc) is 2.81. The molecule has 0 bridgehead atoms. The largest absolute Gasteiger partial charge is 0.436 e. The van der Waals surface area contributed by atoms with Crippen LogP contribution in [0.2, 0.25) is 0 Å². The van der Waals surface area contributed by atoms with E-state index in [-0.39, 0.29) is 10.9 Å². The zero-order valence-electron chi connectivity index (χ0n) is 12.3. The molecular weight excluding hydrogens is 352 g/mol. The Labute approximate surface area is 136 Å². The van der Waals surface area contributed by atoms with Gasteiger partial charge >= 0.3 is 6.18 Å². The first-order valence-electron chi connectivity index (χ1n) is 7.06. The van der Waals surface area contributed by atoms with E-state index in [1.807, 2.05) is 0 Å². The molecule has 1 aliphatic heterocycles. The fourth-order valence-corrected chi connectivity index (χ4v) is 2.69. The van der Waals surface area contributed by atoms with E-state index in [0.29, 0.717) is 6.07 Å². The van der Waals surface area contributed by atoms with E-state index in [0.717, 1.165) is 6.07 Å². The van der Waals surface area contributed by atoms with Gasteiger partial charge in [0.25, 0.3) is 5.56 Å². The number of hydrogen-bond donors (Lipinski definition) is 4. The van der Waals surface area contributed by atoms with Crippen LogP contribution in [-0.2, 0) is 10.9 Å². The Kier molecular flexibility index (Phi) is 4.27. The van der Waals surface area contributed by atoms with E-state index in [1.54, 1.807) is 0 Å². The molecule has 1 fully saturated rings. The number of hydrogen-bond acceptors (Lipinski definition) is 6. The normalized spacial score (nSPS) is 27.2. The Hall–Kier alpha value is -2.08. The Balaban J connectivity index is 2.10. The summed E-state index contributed by atoms with van der Waals surface area (Å²) in [6.07, 6.45) is -10.5. The molecule has 3 heterocycles. The summed E-state index contributed by atoms with van der Waals surface area (Å²) in [4.78, 5) is 17.3. The molecule has 3 rings (SSSR count). The van der Waals surface area contributed by atoms with Crippen molar-refractivity contribution in [2.24, 2.45) is 0 Å². The van der Waals surface area contributed by atoms with Crippen LogP contribution in [0.5, 0.6) is 0 Å². The molecule has 0 aromatic carbocycles. The SMILES string of the molecule is O=c1[nH]c2nc(C(F)(F)F)c(F)cc2cc1[C@@H]1O[C@H](CO)C(O)C1O. The summed E-state index contributed by atoms with van der Waals surface area (Å²) >= 11 is 0. The molecule has 7 nitrogen and oxygen atoms in total. The van der Waals surface area contributed by atoms with Gasteiger partial charge in [-0.25, -0.2) is 9.37 Å². The highest BCUT2D eigenvalue weighted by atomic mass is 19.4. The third-order valence-electron chi connectivity index (χ3n) is 3.93. The van der Waals surface area contributed by atoms with Crippen molar-refractivity contribution < 1.29 is 37.6 Å². The number of nitrogens with zero attached hydrogens (tertiary/aromatic N) is 1. The van der Waals surface area contributed by atoms with Crippen LogP contribution in [0.15, 0.2) is 16.9 Å². The van der Waals surface area contributed by atoms with Gasteiger partial charge in [-0.15, -0.1) is 0 Å². The van der Waals surface area contributed by atoms with Gasteiger partial charge in [0.2, 0.25) is 0 Å². The Bertz CT molecular complexity index is 869. The highest BCUT2D eigenvalue weighted by molar-refractivity contribution is 5.75. The van der Waals surface area contributed by atoms with Gasteiger partial charge in [-0.2, -0.15) is 13.2 Å². The predicted octanol–water partition coefficient (Wildman–Crippen LogP) is 0.235. The Morgan fingerprint density at radius 3 is 2.48 bits per heavy atom. The lowest BCUT2D eigenvalue weighted by atomic mass is 10.0. The monoisotopic (exact) mass is 364 g/mol. The van der Waals surface area contributed by atoms with E-state index in [4.69, 9.17) is 9.84 Å². The molecule has 1 saturated heterocycles. The molecule has 0 saturated carbocycles. The van der Waals surface area contributed by atoms with E-state index >= 15 is 0 Å². The molecule has 2 aromatic heterocycles. The number of nitrogens with one attached hydrogen (secondary N) is 1. The van der Waals surface area contributed by atoms with Crippen LogP contribution in [-0.4, -0.2) is 50.2 Å². The first-order valence-corrected chi connectivity index (χ1v) is 7.06. The molecule has 1 aliphatic rings. The van der Waals surface area contributed by atoms with Crippen molar-refractivity contribution >= 4 is 11.0 Å². The minimum Gasteiger partial charge on any atom is -0.394 e. The molecular formula is C14H12F4N2O5. The van der Waals surface area contributed by atoms with Crippen LogP contribution in [0, 0.1) is 5.82 Å². The highest BCUT2D eigenvalue weighted by Gasteiger charge is 2.44. The van der Waals surface area contributed by atoms with Gasteiger partial charge in [0, 0.05) is 10.9 Å². The molecule has 136 valence electrons. The van der Waals surface area contributed by atoms with Crippen molar-refractivity contribution in [3.05, 3.63) is 39.6 Å². The maximum Gasteiger partial charge on any atom is 0.436 e. The van der Waals surface area contributed by atoms with Crippen LogP contribution < -0.4 is 5.56 Å². The molecule has 4 atom stereocenters. The molecule has 11 heteroatoms. The summed E-state index contributed by atoms with van der Waals surface area (Å²) in [6, 6.07) is 1.57. The smallest absolute Gasteiger partial charge is 0.394 e. The second-order valence-corrected chi connectivity index (χ2v) is 5.57. The molecule has 25 heavy (non-hydrogen) atoms. The van der Waals surface area contributed by atoms with Crippen LogP contribution in [0.1, 0.15) is 17.4 Å². The fraction of sp³-hybridized carbons (Fsp3) is 0.429. The van der Waals surface area contributed by atoms with Crippen LogP contribution >= 0.6 is 0 Å². The van der Waals surface area contributed by atoms with Crippen molar-refractivity contribution in [1.82, 2.24) is 9.97 Å². The summed E-state index contributed by atoms with van der Waals surface area (Å²) in [6.45, 7) is -0.620.